The summed E-state index contributed by atoms with van der Waals surface area (Å²) in [6, 6.07) is 8.48. The Hall–Kier alpha value is -1.48. The lowest BCUT2D eigenvalue weighted by molar-refractivity contribution is 0.139. The Balaban J connectivity index is 1.74. The van der Waals surface area contributed by atoms with E-state index in [1.807, 2.05) is 6.07 Å². The van der Waals surface area contributed by atoms with Crippen LogP contribution in [0.1, 0.15) is 25.3 Å². The number of para-hydroxylation sites is 1. The Morgan fingerprint density at radius 1 is 1.37 bits per heavy atom. The van der Waals surface area contributed by atoms with Crippen LogP contribution in [0.5, 0.6) is 5.75 Å². The van der Waals surface area contributed by atoms with E-state index in [0.29, 0.717) is 0 Å². The number of ether oxygens (including phenoxy) is 2. The molecule has 1 aromatic carbocycles. The zero-order valence-corrected chi connectivity index (χ0v) is 11.4. The molecular weight excluding hydrogens is 238 g/mol. The highest BCUT2D eigenvalue weighted by molar-refractivity contribution is 5.38. The van der Waals surface area contributed by atoms with Gasteiger partial charge in [-0.25, -0.2) is 0 Å². The van der Waals surface area contributed by atoms with Crippen molar-refractivity contribution >= 4 is 0 Å². The van der Waals surface area contributed by atoms with Gasteiger partial charge in [0.15, 0.2) is 0 Å². The second kappa shape index (κ2) is 5.66. The standard InChI is InChI=1S/C16H21NO2/c1-2-9-17-16(14-8-5-10-18-14)15-11-12-6-3-4-7-13(12)19-15/h3-4,6-8,15-17H,2,5,9-11H2,1H3. The van der Waals surface area contributed by atoms with Gasteiger partial charge in [0.2, 0.25) is 0 Å². The summed E-state index contributed by atoms with van der Waals surface area (Å²) in [5.41, 5.74) is 1.30. The number of hydrogen-bond acceptors (Lipinski definition) is 3. The predicted molar refractivity (Wildman–Crippen MR) is 75.3 cm³/mol. The van der Waals surface area contributed by atoms with Crippen molar-refractivity contribution in [2.75, 3.05) is 13.2 Å². The lowest BCUT2D eigenvalue weighted by Crippen LogP contribution is -2.44. The van der Waals surface area contributed by atoms with Crippen molar-refractivity contribution in [2.24, 2.45) is 0 Å². The van der Waals surface area contributed by atoms with Crippen LogP contribution in [0.2, 0.25) is 0 Å². The number of hydrogen-bond donors (Lipinski definition) is 1. The maximum atomic E-state index is 6.10. The first kappa shape index (κ1) is 12.5. The molecule has 3 heteroatoms. The van der Waals surface area contributed by atoms with Crippen molar-refractivity contribution in [3.8, 4) is 5.75 Å². The zero-order chi connectivity index (χ0) is 13.1. The van der Waals surface area contributed by atoms with Crippen LogP contribution >= 0.6 is 0 Å². The molecule has 0 aliphatic carbocycles. The lowest BCUT2D eigenvalue weighted by atomic mass is 10.0. The molecule has 0 bridgehead atoms. The molecule has 0 saturated heterocycles. The fourth-order valence-corrected chi connectivity index (χ4v) is 2.76. The number of nitrogens with one attached hydrogen (secondary N) is 1. The maximum absolute atomic E-state index is 6.10. The highest BCUT2D eigenvalue weighted by Crippen LogP contribution is 2.32. The Labute approximate surface area is 114 Å². The minimum absolute atomic E-state index is 0.147. The average molecular weight is 259 g/mol. The average Bonchev–Trinajstić information content (AvgIpc) is 3.08. The normalized spacial score (nSPS) is 22.4. The number of fused-ring (bicyclic) bond motifs is 1. The lowest BCUT2D eigenvalue weighted by Gasteiger charge is -2.25. The molecule has 2 aliphatic rings. The zero-order valence-electron chi connectivity index (χ0n) is 11.4. The van der Waals surface area contributed by atoms with Crippen LogP contribution in [0, 0.1) is 0 Å². The molecule has 19 heavy (non-hydrogen) atoms. The van der Waals surface area contributed by atoms with Crippen LogP contribution in [-0.4, -0.2) is 25.3 Å². The fourth-order valence-electron chi connectivity index (χ4n) is 2.76. The molecule has 2 heterocycles. The minimum atomic E-state index is 0.147. The Bertz CT molecular complexity index is 445. The first-order valence-corrected chi connectivity index (χ1v) is 7.19. The smallest absolute Gasteiger partial charge is 0.125 e. The third kappa shape index (κ3) is 2.61. The molecule has 2 atom stereocenters. The van der Waals surface area contributed by atoms with Crippen molar-refractivity contribution < 1.29 is 9.47 Å². The van der Waals surface area contributed by atoms with E-state index in [-0.39, 0.29) is 12.1 Å². The van der Waals surface area contributed by atoms with Crippen LogP contribution in [0.4, 0.5) is 0 Å². The predicted octanol–water partition coefficient (Wildman–Crippen LogP) is 2.66. The number of benzene rings is 1. The topological polar surface area (TPSA) is 30.5 Å². The van der Waals surface area contributed by atoms with E-state index in [1.54, 1.807) is 0 Å². The van der Waals surface area contributed by atoms with E-state index in [0.717, 1.165) is 43.9 Å². The summed E-state index contributed by atoms with van der Waals surface area (Å²) in [5, 5.41) is 3.57. The fraction of sp³-hybridized carbons (Fsp3) is 0.500. The van der Waals surface area contributed by atoms with Gasteiger partial charge in [-0.1, -0.05) is 25.1 Å². The summed E-state index contributed by atoms with van der Waals surface area (Å²) in [5.74, 6) is 2.08. The summed E-state index contributed by atoms with van der Waals surface area (Å²) in [7, 11) is 0. The molecule has 1 N–H and O–H groups in total. The highest BCUT2D eigenvalue weighted by atomic mass is 16.5. The molecule has 0 spiro atoms. The molecule has 2 unspecified atom stereocenters. The van der Waals surface area contributed by atoms with Crippen LogP contribution in [-0.2, 0) is 11.2 Å². The Kier molecular flexibility index (Phi) is 3.74. The molecule has 0 amide bonds. The van der Waals surface area contributed by atoms with E-state index >= 15 is 0 Å². The van der Waals surface area contributed by atoms with Crippen molar-refractivity contribution in [3.05, 3.63) is 41.7 Å². The van der Waals surface area contributed by atoms with Gasteiger partial charge >= 0.3 is 0 Å². The molecule has 0 fully saturated rings. The summed E-state index contributed by atoms with van der Waals surface area (Å²) in [6.07, 6.45) is 5.43. The summed E-state index contributed by atoms with van der Waals surface area (Å²) >= 11 is 0. The van der Waals surface area contributed by atoms with Gasteiger partial charge < -0.3 is 14.8 Å². The van der Waals surface area contributed by atoms with Crippen LogP contribution < -0.4 is 10.1 Å². The van der Waals surface area contributed by atoms with Crippen LogP contribution in [0.15, 0.2) is 36.1 Å². The van der Waals surface area contributed by atoms with Crippen molar-refractivity contribution in [1.82, 2.24) is 5.32 Å². The van der Waals surface area contributed by atoms with Gasteiger partial charge in [-0.3, -0.25) is 0 Å². The molecule has 3 rings (SSSR count). The summed E-state index contributed by atoms with van der Waals surface area (Å²) in [6.45, 7) is 3.97. The Morgan fingerprint density at radius 2 is 2.26 bits per heavy atom. The second-order valence-electron chi connectivity index (χ2n) is 5.14. The van der Waals surface area contributed by atoms with Crippen molar-refractivity contribution in [2.45, 2.75) is 38.3 Å². The molecule has 0 saturated carbocycles. The van der Waals surface area contributed by atoms with Gasteiger partial charge in [-0.2, -0.15) is 0 Å². The molecule has 2 aliphatic heterocycles. The van der Waals surface area contributed by atoms with Crippen LogP contribution in [0.3, 0.4) is 0 Å². The van der Waals surface area contributed by atoms with Gasteiger partial charge in [0.25, 0.3) is 0 Å². The quantitative estimate of drug-likeness (QED) is 0.882. The van der Waals surface area contributed by atoms with Crippen LogP contribution in [0.25, 0.3) is 0 Å². The maximum Gasteiger partial charge on any atom is 0.125 e. The molecule has 102 valence electrons. The SMILES string of the molecule is CCCNC(C1=CCCO1)C1Cc2ccccc2O1. The summed E-state index contributed by atoms with van der Waals surface area (Å²) in [4.78, 5) is 0. The van der Waals surface area contributed by atoms with E-state index in [9.17, 15) is 0 Å². The number of rotatable bonds is 5. The van der Waals surface area contributed by atoms with Gasteiger partial charge in [-0.15, -0.1) is 0 Å². The molecule has 0 aromatic heterocycles. The molecule has 3 nitrogen and oxygen atoms in total. The van der Waals surface area contributed by atoms with Gasteiger partial charge in [0.1, 0.15) is 23.7 Å². The molecular formula is C16H21NO2. The van der Waals surface area contributed by atoms with Crippen molar-refractivity contribution in [1.29, 1.82) is 0 Å². The largest absolute Gasteiger partial charge is 0.496 e. The third-order valence-electron chi connectivity index (χ3n) is 3.70. The van der Waals surface area contributed by atoms with Gasteiger partial charge in [-0.05, 0) is 30.7 Å². The minimum Gasteiger partial charge on any atom is -0.496 e. The monoisotopic (exact) mass is 259 g/mol. The second-order valence-corrected chi connectivity index (χ2v) is 5.14. The van der Waals surface area contributed by atoms with E-state index in [1.165, 1.54) is 5.56 Å². The van der Waals surface area contributed by atoms with Gasteiger partial charge in [0, 0.05) is 12.8 Å². The molecule has 1 aromatic rings. The van der Waals surface area contributed by atoms with E-state index in [2.05, 4.69) is 36.5 Å². The first-order chi connectivity index (χ1) is 9.38. The first-order valence-electron chi connectivity index (χ1n) is 7.19. The van der Waals surface area contributed by atoms with E-state index in [4.69, 9.17) is 9.47 Å². The van der Waals surface area contributed by atoms with Gasteiger partial charge in [0.05, 0.1) is 6.61 Å². The molecule has 0 radical (unpaired) electrons. The Morgan fingerprint density at radius 3 is 3.00 bits per heavy atom. The summed E-state index contributed by atoms with van der Waals surface area (Å²) < 4.78 is 11.8. The van der Waals surface area contributed by atoms with Crippen molar-refractivity contribution in [3.63, 3.8) is 0 Å². The highest BCUT2D eigenvalue weighted by Gasteiger charge is 2.33. The third-order valence-corrected chi connectivity index (χ3v) is 3.70. The van der Waals surface area contributed by atoms with E-state index < -0.39 is 0 Å².